The largest absolute Gasteiger partial charge is 0.323 e. The van der Waals surface area contributed by atoms with E-state index < -0.39 is 5.54 Å². The maximum atomic E-state index is 11.7. The molecule has 3 N–H and O–H groups in total. The molecule has 1 aliphatic carbocycles. The number of pyridine rings is 1. The molecule has 0 bridgehead atoms. The van der Waals surface area contributed by atoms with Gasteiger partial charge in [-0.15, -0.1) is 0 Å². The van der Waals surface area contributed by atoms with Crippen LogP contribution in [0.15, 0.2) is 12.3 Å². The smallest absolute Gasteiger partial charge is 0.243 e. The molecule has 1 heterocycles. The molecule has 0 fully saturated rings. The molecule has 0 spiro atoms. The van der Waals surface area contributed by atoms with Crippen molar-refractivity contribution in [3.8, 4) is 0 Å². The highest BCUT2D eigenvalue weighted by Crippen LogP contribution is 2.22. The van der Waals surface area contributed by atoms with Crippen LogP contribution in [0.4, 0.5) is 5.69 Å². The molecule has 1 aromatic heterocycles. The Morgan fingerprint density at radius 3 is 2.82 bits per heavy atom. The lowest BCUT2D eigenvalue weighted by Gasteiger charge is -2.19. The summed E-state index contributed by atoms with van der Waals surface area (Å²) in [5.41, 5.74) is 8.03. The maximum absolute atomic E-state index is 11.7. The van der Waals surface area contributed by atoms with E-state index in [0.29, 0.717) is 0 Å². The Kier molecular flexibility index (Phi) is 3.15. The highest BCUT2D eigenvalue weighted by atomic mass is 16.2. The summed E-state index contributed by atoms with van der Waals surface area (Å²) in [6, 6.07) is 2.02. The van der Waals surface area contributed by atoms with E-state index in [9.17, 15) is 4.79 Å². The van der Waals surface area contributed by atoms with Crippen molar-refractivity contribution >= 4 is 11.6 Å². The van der Waals surface area contributed by atoms with Crippen LogP contribution in [0.25, 0.3) is 0 Å². The normalized spacial score (nSPS) is 15.2. The van der Waals surface area contributed by atoms with E-state index in [0.717, 1.165) is 18.5 Å². The van der Waals surface area contributed by atoms with Gasteiger partial charge in [-0.25, -0.2) is 0 Å². The molecule has 0 aliphatic heterocycles. The summed E-state index contributed by atoms with van der Waals surface area (Å²) in [5, 5.41) is 2.81. The second-order valence-corrected chi connectivity index (χ2v) is 5.21. The van der Waals surface area contributed by atoms with Crippen LogP contribution in [0.5, 0.6) is 0 Å². The molecule has 1 aliphatic rings. The maximum Gasteiger partial charge on any atom is 0.243 e. The predicted molar refractivity (Wildman–Crippen MR) is 67.8 cm³/mol. The first-order valence-corrected chi connectivity index (χ1v) is 6.05. The summed E-state index contributed by atoms with van der Waals surface area (Å²) >= 11 is 0. The fourth-order valence-electron chi connectivity index (χ4n) is 1.95. The van der Waals surface area contributed by atoms with Crippen LogP contribution in [-0.4, -0.2) is 16.4 Å². The zero-order chi connectivity index (χ0) is 12.5. The summed E-state index contributed by atoms with van der Waals surface area (Å²) in [7, 11) is 0. The molecule has 4 heteroatoms. The number of nitrogens with zero attached hydrogens (tertiary/aromatic N) is 1. The van der Waals surface area contributed by atoms with Crippen molar-refractivity contribution in [1.29, 1.82) is 0 Å². The van der Waals surface area contributed by atoms with Crippen molar-refractivity contribution in [2.24, 2.45) is 5.73 Å². The average molecular weight is 233 g/mol. The van der Waals surface area contributed by atoms with E-state index in [4.69, 9.17) is 5.73 Å². The van der Waals surface area contributed by atoms with Gasteiger partial charge < -0.3 is 11.1 Å². The van der Waals surface area contributed by atoms with Gasteiger partial charge >= 0.3 is 0 Å². The molecule has 0 aromatic carbocycles. The monoisotopic (exact) mass is 233 g/mol. The van der Waals surface area contributed by atoms with Crippen LogP contribution in [0.3, 0.4) is 0 Å². The Labute approximate surface area is 102 Å². The Morgan fingerprint density at radius 1 is 1.41 bits per heavy atom. The zero-order valence-corrected chi connectivity index (χ0v) is 10.4. The molecule has 0 unspecified atom stereocenters. The summed E-state index contributed by atoms with van der Waals surface area (Å²) in [5.74, 6) is -0.185. The molecule has 1 amide bonds. The van der Waals surface area contributed by atoms with E-state index in [1.807, 2.05) is 6.07 Å². The van der Waals surface area contributed by atoms with Crippen molar-refractivity contribution in [3.05, 3.63) is 23.5 Å². The van der Waals surface area contributed by atoms with Gasteiger partial charge in [0.1, 0.15) is 0 Å². The van der Waals surface area contributed by atoms with E-state index in [-0.39, 0.29) is 5.91 Å². The lowest BCUT2D eigenvalue weighted by Crippen LogP contribution is -2.45. The van der Waals surface area contributed by atoms with Gasteiger partial charge in [-0.05, 0) is 51.2 Å². The van der Waals surface area contributed by atoms with Crippen LogP contribution in [-0.2, 0) is 17.6 Å². The first-order valence-electron chi connectivity index (χ1n) is 6.05. The molecular formula is C13H19N3O. The minimum Gasteiger partial charge on any atom is -0.323 e. The van der Waals surface area contributed by atoms with E-state index in [1.165, 1.54) is 24.1 Å². The molecule has 0 atom stereocenters. The van der Waals surface area contributed by atoms with Gasteiger partial charge in [0.2, 0.25) is 5.91 Å². The van der Waals surface area contributed by atoms with Gasteiger partial charge in [0.05, 0.1) is 17.4 Å². The van der Waals surface area contributed by atoms with E-state index in [2.05, 4.69) is 10.3 Å². The Hall–Kier alpha value is -1.42. The predicted octanol–water partition coefficient (Wildman–Crippen LogP) is 1.64. The molecule has 0 saturated heterocycles. The quantitative estimate of drug-likeness (QED) is 0.816. The first-order chi connectivity index (χ1) is 7.97. The van der Waals surface area contributed by atoms with Crippen LogP contribution < -0.4 is 11.1 Å². The van der Waals surface area contributed by atoms with Gasteiger partial charge in [0.25, 0.3) is 0 Å². The number of rotatable bonds is 2. The number of amides is 1. The number of aryl methyl sites for hydroxylation is 2. The number of carbonyl (C=O) groups is 1. The molecule has 1 aromatic rings. The van der Waals surface area contributed by atoms with Crippen molar-refractivity contribution < 1.29 is 4.79 Å². The standard InChI is InChI=1S/C13H19N3O/c1-13(2,14)12(17)16-10-7-9-5-3-4-6-11(9)15-8-10/h7-8H,3-6,14H2,1-2H3,(H,16,17). The molecule has 4 nitrogen and oxygen atoms in total. The van der Waals surface area contributed by atoms with Gasteiger partial charge in [0.15, 0.2) is 0 Å². The number of carbonyl (C=O) groups excluding carboxylic acids is 1. The van der Waals surface area contributed by atoms with Crippen molar-refractivity contribution in [2.45, 2.75) is 45.1 Å². The van der Waals surface area contributed by atoms with E-state index in [1.54, 1.807) is 20.0 Å². The van der Waals surface area contributed by atoms with Crippen molar-refractivity contribution in [2.75, 3.05) is 5.32 Å². The van der Waals surface area contributed by atoms with E-state index >= 15 is 0 Å². The number of nitrogens with two attached hydrogens (primary N) is 1. The fourth-order valence-corrected chi connectivity index (χ4v) is 1.95. The Bertz CT molecular complexity index is 435. The molecule has 0 saturated carbocycles. The van der Waals surface area contributed by atoms with Crippen LogP contribution in [0, 0.1) is 0 Å². The second-order valence-electron chi connectivity index (χ2n) is 5.21. The third kappa shape index (κ3) is 2.82. The molecule has 2 rings (SSSR count). The summed E-state index contributed by atoms with van der Waals surface area (Å²) in [6.45, 7) is 3.38. The summed E-state index contributed by atoms with van der Waals surface area (Å²) in [6.07, 6.45) is 6.23. The van der Waals surface area contributed by atoms with Gasteiger partial charge in [-0.1, -0.05) is 0 Å². The average Bonchev–Trinajstić information content (AvgIpc) is 2.27. The number of nitrogens with one attached hydrogen (secondary N) is 1. The number of fused-ring (bicyclic) bond motifs is 1. The second kappa shape index (κ2) is 4.45. The third-order valence-electron chi connectivity index (χ3n) is 3.01. The SMILES string of the molecule is CC(C)(N)C(=O)Nc1cnc2c(c1)CCCC2. The third-order valence-corrected chi connectivity index (χ3v) is 3.01. The van der Waals surface area contributed by atoms with Gasteiger partial charge in [-0.2, -0.15) is 0 Å². The minimum atomic E-state index is -0.865. The fraction of sp³-hybridized carbons (Fsp3) is 0.538. The van der Waals surface area contributed by atoms with Crippen LogP contribution in [0.1, 0.15) is 37.9 Å². The van der Waals surface area contributed by atoms with Gasteiger partial charge in [0, 0.05) is 5.69 Å². The first kappa shape index (κ1) is 12.0. The summed E-state index contributed by atoms with van der Waals surface area (Å²) in [4.78, 5) is 16.1. The summed E-state index contributed by atoms with van der Waals surface area (Å²) < 4.78 is 0. The highest BCUT2D eigenvalue weighted by Gasteiger charge is 2.22. The lowest BCUT2D eigenvalue weighted by atomic mass is 9.96. The minimum absolute atomic E-state index is 0.185. The number of aromatic nitrogens is 1. The van der Waals surface area contributed by atoms with Crippen LogP contribution >= 0.6 is 0 Å². The Balaban J connectivity index is 2.15. The van der Waals surface area contributed by atoms with Crippen molar-refractivity contribution in [1.82, 2.24) is 4.98 Å². The molecule has 17 heavy (non-hydrogen) atoms. The number of hydrogen-bond acceptors (Lipinski definition) is 3. The number of hydrogen-bond donors (Lipinski definition) is 2. The Morgan fingerprint density at radius 2 is 2.12 bits per heavy atom. The molecule has 92 valence electrons. The number of anilines is 1. The lowest BCUT2D eigenvalue weighted by molar-refractivity contribution is -0.120. The van der Waals surface area contributed by atoms with Crippen molar-refractivity contribution in [3.63, 3.8) is 0 Å². The van der Waals surface area contributed by atoms with Gasteiger partial charge in [-0.3, -0.25) is 9.78 Å². The zero-order valence-electron chi connectivity index (χ0n) is 10.4. The van der Waals surface area contributed by atoms with Crippen LogP contribution in [0.2, 0.25) is 0 Å². The molecule has 0 radical (unpaired) electrons. The molecular weight excluding hydrogens is 214 g/mol. The topological polar surface area (TPSA) is 68.0 Å². The highest BCUT2D eigenvalue weighted by molar-refractivity contribution is 5.97.